The van der Waals surface area contributed by atoms with Gasteiger partial charge in [0.1, 0.15) is 5.60 Å². The number of nitrogens with zero attached hydrogens (tertiary/aromatic N) is 2. The summed E-state index contributed by atoms with van der Waals surface area (Å²) in [4.78, 5) is 0. The molecule has 0 radical (unpaired) electrons. The summed E-state index contributed by atoms with van der Waals surface area (Å²) in [5.41, 5.74) is 0.182. The molecule has 0 amide bonds. The smallest absolute Gasteiger partial charge is 0.109 e. The van der Waals surface area contributed by atoms with Crippen LogP contribution in [0.3, 0.4) is 0 Å². The molecule has 1 aromatic rings. The second kappa shape index (κ2) is 2.82. The first kappa shape index (κ1) is 8.72. The average Bonchev–Trinajstić information content (AvgIpc) is 2.62. The van der Waals surface area contributed by atoms with Gasteiger partial charge < -0.3 is 10.4 Å². The molecular formula is C9H15N3O. The lowest BCUT2D eigenvalue weighted by molar-refractivity contribution is 0.0292. The molecule has 2 heterocycles. The Hall–Kier alpha value is -0.870. The normalized spacial score (nSPS) is 33.9. The van der Waals surface area contributed by atoms with E-state index < -0.39 is 5.60 Å². The summed E-state index contributed by atoms with van der Waals surface area (Å²) in [6, 6.07) is 0.108. The van der Waals surface area contributed by atoms with E-state index in [2.05, 4.69) is 10.4 Å². The Morgan fingerprint density at radius 1 is 1.77 bits per heavy atom. The lowest BCUT2D eigenvalue weighted by atomic mass is 9.90. The number of aryl methyl sites for hydroxylation is 1. The van der Waals surface area contributed by atoms with Crippen LogP contribution in [0.25, 0.3) is 0 Å². The van der Waals surface area contributed by atoms with Crippen molar-refractivity contribution in [2.45, 2.75) is 25.0 Å². The standard InChI is InChI=1S/C9H15N3O/c1-7-9(13,3-4-10-7)8-5-11-12(2)6-8/h5-7,10,13H,3-4H2,1-2H3. The molecule has 1 aliphatic heterocycles. The minimum Gasteiger partial charge on any atom is -0.383 e. The van der Waals surface area contributed by atoms with Crippen molar-refractivity contribution in [1.82, 2.24) is 15.1 Å². The van der Waals surface area contributed by atoms with Gasteiger partial charge in [0.2, 0.25) is 0 Å². The number of nitrogens with one attached hydrogen (secondary N) is 1. The van der Waals surface area contributed by atoms with Crippen molar-refractivity contribution in [3.05, 3.63) is 18.0 Å². The molecule has 4 heteroatoms. The number of hydrogen-bond acceptors (Lipinski definition) is 3. The van der Waals surface area contributed by atoms with Crippen molar-refractivity contribution < 1.29 is 5.11 Å². The Morgan fingerprint density at radius 3 is 3.00 bits per heavy atom. The second-order valence-electron chi connectivity index (χ2n) is 3.75. The monoisotopic (exact) mass is 181 g/mol. The van der Waals surface area contributed by atoms with Crippen LogP contribution >= 0.6 is 0 Å². The molecule has 0 aromatic carbocycles. The van der Waals surface area contributed by atoms with Gasteiger partial charge in [-0.25, -0.2) is 0 Å². The summed E-state index contributed by atoms with van der Waals surface area (Å²) in [7, 11) is 1.86. The number of aromatic nitrogens is 2. The quantitative estimate of drug-likeness (QED) is 0.640. The molecule has 2 atom stereocenters. The molecule has 2 N–H and O–H groups in total. The van der Waals surface area contributed by atoms with Crippen LogP contribution in [0, 0.1) is 0 Å². The molecule has 4 nitrogen and oxygen atoms in total. The highest BCUT2D eigenvalue weighted by Gasteiger charge is 2.40. The van der Waals surface area contributed by atoms with Gasteiger partial charge in [0, 0.05) is 24.8 Å². The van der Waals surface area contributed by atoms with Gasteiger partial charge in [-0.1, -0.05) is 0 Å². The molecule has 1 saturated heterocycles. The zero-order chi connectivity index (χ0) is 9.47. The fourth-order valence-corrected chi connectivity index (χ4v) is 1.90. The maximum Gasteiger partial charge on any atom is 0.109 e. The van der Waals surface area contributed by atoms with Crippen molar-refractivity contribution in [2.75, 3.05) is 6.54 Å². The Balaban J connectivity index is 2.33. The molecule has 2 unspecified atom stereocenters. The maximum absolute atomic E-state index is 10.3. The van der Waals surface area contributed by atoms with E-state index in [9.17, 15) is 5.11 Å². The van der Waals surface area contributed by atoms with E-state index in [0.717, 1.165) is 18.5 Å². The molecule has 0 bridgehead atoms. The van der Waals surface area contributed by atoms with Gasteiger partial charge in [-0.05, 0) is 19.9 Å². The fraction of sp³-hybridized carbons (Fsp3) is 0.667. The molecular weight excluding hydrogens is 166 g/mol. The van der Waals surface area contributed by atoms with E-state index in [1.54, 1.807) is 10.9 Å². The van der Waals surface area contributed by atoms with Crippen LogP contribution in [-0.4, -0.2) is 27.5 Å². The van der Waals surface area contributed by atoms with E-state index in [1.165, 1.54) is 0 Å². The van der Waals surface area contributed by atoms with Crippen molar-refractivity contribution in [2.24, 2.45) is 7.05 Å². The summed E-state index contributed by atoms with van der Waals surface area (Å²) in [6.45, 7) is 2.87. The van der Waals surface area contributed by atoms with Crippen LogP contribution in [0.4, 0.5) is 0 Å². The highest BCUT2D eigenvalue weighted by Crippen LogP contribution is 2.31. The highest BCUT2D eigenvalue weighted by atomic mass is 16.3. The third-order valence-electron chi connectivity index (χ3n) is 2.88. The first-order valence-electron chi connectivity index (χ1n) is 4.58. The third-order valence-corrected chi connectivity index (χ3v) is 2.88. The molecule has 2 rings (SSSR count). The Morgan fingerprint density at radius 2 is 2.54 bits per heavy atom. The Bertz CT molecular complexity index is 310. The first-order valence-corrected chi connectivity index (χ1v) is 4.58. The van der Waals surface area contributed by atoms with Crippen LogP contribution in [0.2, 0.25) is 0 Å². The molecule has 0 spiro atoms. The largest absolute Gasteiger partial charge is 0.383 e. The van der Waals surface area contributed by atoms with Gasteiger partial charge in [-0.15, -0.1) is 0 Å². The average molecular weight is 181 g/mol. The van der Waals surface area contributed by atoms with Crippen molar-refractivity contribution in [3.63, 3.8) is 0 Å². The predicted octanol–water partition coefficient (Wildman–Crippen LogP) is -0.0105. The number of hydrogen-bond donors (Lipinski definition) is 2. The van der Waals surface area contributed by atoms with E-state index >= 15 is 0 Å². The minimum atomic E-state index is -0.728. The third kappa shape index (κ3) is 1.26. The summed E-state index contributed by atoms with van der Waals surface area (Å²) in [5.74, 6) is 0. The maximum atomic E-state index is 10.3. The van der Waals surface area contributed by atoms with Gasteiger partial charge in [0.25, 0.3) is 0 Å². The van der Waals surface area contributed by atoms with E-state index in [1.807, 2.05) is 20.2 Å². The first-order chi connectivity index (χ1) is 6.13. The molecule has 13 heavy (non-hydrogen) atoms. The molecule has 0 saturated carbocycles. The van der Waals surface area contributed by atoms with Crippen LogP contribution in [-0.2, 0) is 12.6 Å². The van der Waals surface area contributed by atoms with E-state index in [4.69, 9.17) is 0 Å². The second-order valence-corrected chi connectivity index (χ2v) is 3.75. The van der Waals surface area contributed by atoms with Gasteiger partial charge in [0.05, 0.1) is 6.20 Å². The fourth-order valence-electron chi connectivity index (χ4n) is 1.90. The SMILES string of the molecule is CC1NCCC1(O)c1cnn(C)c1. The van der Waals surface area contributed by atoms with Crippen molar-refractivity contribution in [3.8, 4) is 0 Å². The van der Waals surface area contributed by atoms with Gasteiger partial charge in [-0.2, -0.15) is 5.10 Å². The lowest BCUT2D eigenvalue weighted by Gasteiger charge is -2.25. The van der Waals surface area contributed by atoms with Gasteiger partial charge >= 0.3 is 0 Å². The summed E-state index contributed by atoms with van der Waals surface area (Å²) in [6.07, 6.45) is 4.38. The zero-order valence-corrected chi connectivity index (χ0v) is 7.99. The number of aliphatic hydroxyl groups is 1. The summed E-state index contributed by atoms with van der Waals surface area (Å²) >= 11 is 0. The zero-order valence-electron chi connectivity index (χ0n) is 7.99. The van der Waals surface area contributed by atoms with E-state index in [0.29, 0.717) is 0 Å². The molecule has 1 fully saturated rings. The summed E-state index contributed by atoms with van der Waals surface area (Å²) in [5, 5.41) is 17.6. The van der Waals surface area contributed by atoms with Gasteiger partial charge in [-0.3, -0.25) is 4.68 Å². The Kier molecular flexibility index (Phi) is 1.89. The topological polar surface area (TPSA) is 50.1 Å². The summed E-state index contributed by atoms with van der Waals surface area (Å²) < 4.78 is 1.72. The van der Waals surface area contributed by atoms with E-state index in [-0.39, 0.29) is 6.04 Å². The molecule has 1 aliphatic rings. The molecule has 72 valence electrons. The van der Waals surface area contributed by atoms with Crippen LogP contribution in [0.5, 0.6) is 0 Å². The predicted molar refractivity (Wildman–Crippen MR) is 49.2 cm³/mol. The number of rotatable bonds is 1. The lowest BCUT2D eigenvalue weighted by Crippen LogP contribution is -2.37. The van der Waals surface area contributed by atoms with Gasteiger partial charge in [0.15, 0.2) is 0 Å². The van der Waals surface area contributed by atoms with Crippen LogP contribution in [0.1, 0.15) is 18.9 Å². The van der Waals surface area contributed by atoms with Crippen LogP contribution < -0.4 is 5.32 Å². The Labute approximate surface area is 77.6 Å². The molecule has 0 aliphatic carbocycles. The highest BCUT2D eigenvalue weighted by molar-refractivity contribution is 5.20. The van der Waals surface area contributed by atoms with Crippen LogP contribution in [0.15, 0.2) is 12.4 Å². The van der Waals surface area contributed by atoms with Crippen molar-refractivity contribution >= 4 is 0 Å². The van der Waals surface area contributed by atoms with Crippen molar-refractivity contribution in [1.29, 1.82) is 0 Å². The molecule has 1 aromatic heterocycles. The minimum absolute atomic E-state index is 0.108.